The highest BCUT2D eigenvalue weighted by Gasteiger charge is 2.30. The van der Waals surface area contributed by atoms with Crippen molar-refractivity contribution >= 4 is 23.5 Å². The summed E-state index contributed by atoms with van der Waals surface area (Å²) in [6.45, 7) is 4.58. The third kappa shape index (κ3) is 3.40. The fraction of sp³-hybridized carbons (Fsp3) is 0.438. The van der Waals surface area contributed by atoms with E-state index in [1.807, 2.05) is 0 Å². The second-order valence-corrected chi connectivity index (χ2v) is 5.96. The zero-order chi connectivity index (χ0) is 18.1. The van der Waals surface area contributed by atoms with E-state index in [0.29, 0.717) is 31.7 Å². The van der Waals surface area contributed by atoms with Crippen LogP contribution in [0.25, 0.3) is 0 Å². The number of guanidine groups is 1. The van der Waals surface area contributed by atoms with Gasteiger partial charge < -0.3 is 9.80 Å². The van der Waals surface area contributed by atoms with Crippen molar-refractivity contribution in [1.29, 1.82) is 0 Å². The Balaban J connectivity index is 1.66. The SMILES string of the molecule is CC1=NC(N2CCN(C(=O)c3cc(C)c(F)cn3)CC2)=NC(=O)C1F. The van der Waals surface area contributed by atoms with Gasteiger partial charge in [-0.25, -0.2) is 18.8 Å². The smallest absolute Gasteiger partial charge is 0.289 e. The maximum absolute atomic E-state index is 13.4. The van der Waals surface area contributed by atoms with Gasteiger partial charge in [0.25, 0.3) is 11.8 Å². The van der Waals surface area contributed by atoms with Crippen molar-refractivity contribution in [3.8, 4) is 0 Å². The van der Waals surface area contributed by atoms with Crippen molar-refractivity contribution in [2.24, 2.45) is 9.98 Å². The molecule has 0 bridgehead atoms. The van der Waals surface area contributed by atoms with Crippen LogP contribution in [0.15, 0.2) is 22.2 Å². The number of aliphatic imine (C=N–C) groups is 2. The minimum Gasteiger partial charge on any atom is -0.337 e. The Hall–Kier alpha value is -2.71. The summed E-state index contributed by atoms with van der Waals surface area (Å²) in [4.78, 5) is 38.8. The van der Waals surface area contributed by atoms with Gasteiger partial charge in [-0.3, -0.25) is 9.59 Å². The molecule has 1 aromatic rings. The lowest BCUT2D eigenvalue weighted by Gasteiger charge is -2.35. The molecule has 7 nitrogen and oxygen atoms in total. The lowest BCUT2D eigenvalue weighted by atomic mass is 10.2. The predicted molar refractivity (Wildman–Crippen MR) is 86.9 cm³/mol. The van der Waals surface area contributed by atoms with Crippen LogP contribution in [0.5, 0.6) is 0 Å². The normalized spacial score (nSPS) is 21.1. The lowest BCUT2D eigenvalue weighted by Crippen LogP contribution is -2.51. The number of pyridine rings is 1. The number of carbonyl (C=O) groups excluding carboxylic acids is 2. The molecule has 0 aliphatic carbocycles. The molecule has 1 unspecified atom stereocenters. The zero-order valence-corrected chi connectivity index (χ0v) is 13.9. The fourth-order valence-electron chi connectivity index (χ4n) is 2.64. The first kappa shape index (κ1) is 17.1. The van der Waals surface area contributed by atoms with Crippen LogP contribution < -0.4 is 0 Å². The molecule has 9 heteroatoms. The van der Waals surface area contributed by atoms with Crippen LogP contribution in [-0.2, 0) is 4.79 Å². The molecule has 0 saturated carbocycles. The van der Waals surface area contributed by atoms with Gasteiger partial charge in [0.2, 0.25) is 12.1 Å². The van der Waals surface area contributed by atoms with Crippen molar-refractivity contribution in [2.75, 3.05) is 26.2 Å². The van der Waals surface area contributed by atoms with Crippen molar-refractivity contribution in [3.63, 3.8) is 0 Å². The Labute approximate surface area is 143 Å². The number of hydrogen-bond donors (Lipinski definition) is 0. The molecule has 132 valence electrons. The summed E-state index contributed by atoms with van der Waals surface area (Å²) >= 11 is 0. The van der Waals surface area contributed by atoms with Crippen LogP contribution in [0, 0.1) is 12.7 Å². The minimum absolute atomic E-state index is 0.0829. The number of amides is 2. The van der Waals surface area contributed by atoms with E-state index in [4.69, 9.17) is 0 Å². The highest BCUT2D eigenvalue weighted by Crippen LogP contribution is 2.14. The molecule has 2 aliphatic heterocycles. The van der Waals surface area contributed by atoms with Gasteiger partial charge in [0, 0.05) is 26.2 Å². The zero-order valence-electron chi connectivity index (χ0n) is 13.9. The number of rotatable bonds is 1. The third-order valence-electron chi connectivity index (χ3n) is 4.19. The highest BCUT2D eigenvalue weighted by atomic mass is 19.1. The number of carbonyl (C=O) groups is 2. The maximum atomic E-state index is 13.4. The summed E-state index contributed by atoms with van der Waals surface area (Å²) in [5.74, 6) is -1.42. The molecule has 3 heterocycles. The van der Waals surface area contributed by atoms with Gasteiger partial charge in [0.15, 0.2) is 0 Å². The summed E-state index contributed by atoms with van der Waals surface area (Å²) in [6, 6.07) is 1.42. The Kier molecular flexibility index (Phi) is 4.56. The molecule has 0 radical (unpaired) electrons. The van der Waals surface area contributed by atoms with Crippen LogP contribution >= 0.6 is 0 Å². The van der Waals surface area contributed by atoms with Gasteiger partial charge >= 0.3 is 0 Å². The Morgan fingerprint density at radius 2 is 1.88 bits per heavy atom. The monoisotopic (exact) mass is 349 g/mol. The fourth-order valence-corrected chi connectivity index (χ4v) is 2.64. The first-order valence-corrected chi connectivity index (χ1v) is 7.85. The molecule has 2 amide bonds. The summed E-state index contributed by atoms with van der Waals surface area (Å²) in [5.41, 5.74) is 0.629. The summed E-state index contributed by atoms with van der Waals surface area (Å²) in [6.07, 6.45) is -0.745. The van der Waals surface area contributed by atoms with E-state index in [2.05, 4.69) is 15.0 Å². The van der Waals surface area contributed by atoms with Crippen LogP contribution in [-0.4, -0.2) is 70.6 Å². The first-order valence-electron chi connectivity index (χ1n) is 7.85. The summed E-state index contributed by atoms with van der Waals surface area (Å²) < 4.78 is 26.7. The van der Waals surface area contributed by atoms with E-state index in [0.717, 1.165) is 6.20 Å². The first-order chi connectivity index (χ1) is 11.9. The molecule has 2 aliphatic rings. The Morgan fingerprint density at radius 3 is 2.48 bits per heavy atom. The average molecular weight is 349 g/mol. The Bertz CT molecular complexity index is 785. The number of aryl methyl sites for hydroxylation is 1. The third-order valence-corrected chi connectivity index (χ3v) is 4.19. The summed E-state index contributed by atoms with van der Waals surface area (Å²) in [7, 11) is 0. The molecule has 0 spiro atoms. The van der Waals surface area contributed by atoms with Crippen molar-refractivity contribution < 1.29 is 18.4 Å². The van der Waals surface area contributed by atoms with Crippen LogP contribution in [0.4, 0.5) is 8.78 Å². The van der Waals surface area contributed by atoms with Gasteiger partial charge in [-0.15, -0.1) is 0 Å². The molecular weight excluding hydrogens is 332 g/mol. The molecule has 0 N–H and O–H groups in total. The van der Waals surface area contributed by atoms with Crippen molar-refractivity contribution in [1.82, 2.24) is 14.8 Å². The van der Waals surface area contributed by atoms with E-state index in [-0.39, 0.29) is 23.3 Å². The van der Waals surface area contributed by atoms with E-state index < -0.39 is 17.9 Å². The molecule has 1 atom stereocenters. The molecule has 1 saturated heterocycles. The van der Waals surface area contributed by atoms with Crippen LogP contribution in [0.2, 0.25) is 0 Å². The molecule has 0 aromatic carbocycles. The standard InChI is InChI=1S/C16H17F2N5O2/c1-9-7-12(19-8-11(9)17)15(25)22-3-5-23(6-4-22)16-20-10(2)13(18)14(24)21-16/h7-8,13H,3-6H2,1-2H3. The number of aromatic nitrogens is 1. The van der Waals surface area contributed by atoms with Crippen molar-refractivity contribution in [3.05, 3.63) is 29.3 Å². The maximum Gasteiger partial charge on any atom is 0.289 e. The molecule has 1 fully saturated rings. The van der Waals surface area contributed by atoms with Crippen LogP contribution in [0.3, 0.4) is 0 Å². The van der Waals surface area contributed by atoms with Gasteiger partial charge in [-0.05, 0) is 25.5 Å². The van der Waals surface area contributed by atoms with E-state index in [1.54, 1.807) is 16.7 Å². The predicted octanol–water partition coefficient (Wildman–Crippen LogP) is 0.982. The second-order valence-electron chi connectivity index (χ2n) is 5.96. The highest BCUT2D eigenvalue weighted by molar-refractivity contribution is 6.16. The number of hydrogen-bond acceptors (Lipinski definition) is 5. The quantitative estimate of drug-likeness (QED) is 0.757. The number of halogens is 2. The van der Waals surface area contributed by atoms with Gasteiger partial charge in [0.1, 0.15) is 11.5 Å². The largest absolute Gasteiger partial charge is 0.337 e. The number of piperazine rings is 1. The van der Waals surface area contributed by atoms with E-state index in [9.17, 15) is 18.4 Å². The molecule has 25 heavy (non-hydrogen) atoms. The van der Waals surface area contributed by atoms with Gasteiger partial charge in [-0.2, -0.15) is 4.99 Å². The number of nitrogens with zero attached hydrogens (tertiary/aromatic N) is 5. The van der Waals surface area contributed by atoms with Crippen LogP contribution in [0.1, 0.15) is 23.0 Å². The summed E-state index contributed by atoms with van der Waals surface area (Å²) in [5, 5.41) is 0. The topological polar surface area (TPSA) is 78.2 Å². The molecular formula is C16H17F2N5O2. The van der Waals surface area contributed by atoms with Gasteiger partial charge in [0.05, 0.1) is 11.9 Å². The minimum atomic E-state index is -1.78. The lowest BCUT2D eigenvalue weighted by molar-refractivity contribution is -0.120. The molecule has 3 rings (SSSR count). The van der Waals surface area contributed by atoms with Crippen molar-refractivity contribution in [2.45, 2.75) is 20.0 Å². The average Bonchev–Trinajstić information content (AvgIpc) is 2.61. The van der Waals surface area contributed by atoms with E-state index in [1.165, 1.54) is 13.0 Å². The van der Waals surface area contributed by atoms with E-state index >= 15 is 0 Å². The number of alkyl halides is 1. The van der Waals surface area contributed by atoms with Gasteiger partial charge in [-0.1, -0.05) is 0 Å². The second kappa shape index (κ2) is 6.66. The molecule has 1 aromatic heterocycles. The Morgan fingerprint density at radius 1 is 1.20 bits per heavy atom.